The van der Waals surface area contributed by atoms with Gasteiger partial charge >= 0.3 is 5.97 Å². The number of methoxy groups -OCH3 is 1. The number of rotatable bonds is 6. The number of aromatic nitrogens is 1. The van der Waals surface area contributed by atoms with E-state index in [1.165, 1.54) is 7.11 Å². The van der Waals surface area contributed by atoms with E-state index >= 15 is 0 Å². The van der Waals surface area contributed by atoms with Crippen molar-refractivity contribution in [3.63, 3.8) is 0 Å². The second kappa shape index (κ2) is 8.81. The van der Waals surface area contributed by atoms with E-state index in [2.05, 4.69) is 15.6 Å². The molecule has 2 aromatic carbocycles. The number of amides is 1. The van der Waals surface area contributed by atoms with Crippen LogP contribution >= 0.6 is 0 Å². The molecule has 0 saturated carbocycles. The molecule has 142 valence electrons. The van der Waals surface area contributed by atoms with E-state index < -0.39 is 5.97 Å². The molecule has 1 amide bonds. The first-order valence-electron chi connectivity index (χ1n) is 8.81. The zero-order chi connectivity index (χ0) is 19.9. The topological polar surface area (TPSA) is 80.3 Å². The Morgan fingerprint density at radius 3 is 2.46 bits per heavy atom. The smallest absolute Gasteiger partial charge is 0.339 e. The lowest BCUT2D eigenvalue weighted by Crippen LogP contribution is -2.15. The van der Waals surface area contributed by atoms with Crippen molar-refractivity contribution in [2.24, 2.45) is 0 Å². The number of nitrogens with one attached hydrogen (secondary N) is 2. The van der Waals surface area contributed by atoms with Gasteiger partial charge in [-0.25, -0.2) is 9.78 Å². The molecule has 0 aliphatic carbocycles. The summed E-state index contributed by atoms with van der Waals surface area (Å²) in [6.07, 6.45) is 1.87. The van der Waals surface area contributed by atoms with E-state index in [0.29, 0.717) is 29.2 Å². The van der Waals surface area contributed by atoms with Crippen LogP contribution in [-0.2, 0) is 16.0 Å². The first-order chi connectivity index (χ1) is 13.6. The van der Waals surface area contributed by atoms with Gasteiger partial charge in [-0.15, -0.1) is 0 Å². The van der Waals surface area contributed by atoms with Gasteiger partial charge < -0.3 is 15.4 Å². The fourth-order valence-corrected chi connectivity index (χ4v) is 2.75. The van der Waals surface area contributed by atoms with E-state index in [0.717, 1.165) is 11.1 Å². The third-order valence-corrected chi connectivity index (χ3v) is 4.25. The van der Waals surface area contributed by atoms with Crippen LogP contribution in [0.15, 0.2) is 66.9 Å². The quantitative estimate of drug-likeness (QED) is 0.634. The molecule has 6 nitrogen and oxygen atoms in total. The maximum absolute atomic E-state index is 12.3. The summed E-state index contributed by atoms with van der Waals surface area (Å²) in [6, 6.07) is 18.3. The number of nitrogens with zero attached hydrogens (tertiary/aromatic N) is 1. The molecule has 0 unspecified atom stereocenters. The lowest BCUT2D eigenvalue weighted by molar-refractivity contribution is -0.115. The van der Waals surface area contributed by atoms with Crippen LogP contribution in [0.1, 0.15) is 21.5 Å². The number of benzene rings is 2. The Labute approximate surface area is 163 Å². The number of pyridine rings is 1. The number of carbonyl (C=O) groups is 2. The van der Waals surface area contributed by atoms with Gasteiger partial charge in [-0.3, -0.25) is 4.79 Å². The second-order valence-electron chi connectivity index (χ2n) is 6.25. The van der Waals surface area contributed by atoms with Crippen LogP contribution < -0.4 is 10.6 Å². The largest absolute Gasteiger partial charge is 0.465 e. The molecule has 0 fully saturated rings. The molecule has 0 aliphatic heterocycles. The lowest BCUT2D eigenvalue weighted by Gasteiger charge is -2.11. The van der Waals surface area contributed by atoms with Crippen molar-refractivity contribution >= 4 is 29.1 Å². The van der Waals surface area contributed by atoms with E-state index in [1.807, 2.05) is 37.3 Å². The number of anilines is 3. The highest BCUT2D eigenvalue weighted by Gasteiger charge is 2.11. The Morgan fingerprint density at radius 2 is 1.75 bits per heavy atom. The zero-order valence-electron chi connectivity index (χ0n) is 15.7. The minimum absolute atomic E-state index is 0.104. The van der Waals surface area contributed by atoms with Gasteiger partial charge in [0.15, 0.2) is 0 Å². The number of hydrogen-bond donors (Lipinski definition) is 2. The Bertz CT molecular complexity index is 984. The molecule has 3 aromatic rings. The number of aryl methyl sites for hydroxylation is 1. The van der Waals surface area contributed by atoms with Crippen LogP contribution in [0.25, 0.3) is 0 Å². The zero-order valence-corrected chi connectivity index (χ0v) is 15.7. The van der Waals surface area contributed by atoms with Gasteiger partial charge in [0.2, 0.25) is 5.91 Å². The average Bonchev–Trinajstić information content (AvgIpc) is 2.71. The Kier molecular flexibility index (Phi) is 6.01. The van der Waals surface area contributed by atoms with Gasteiger partial charge in [0, 0.05) is 0 Å². The standard InChI is InChI=1S/C22H21N3O3/c1-15-7-3-4-8-16(15)13-21(26)24-17-11-12-20(23-14-17)25-19-10-6-5-9-18(19)22(27)28-2/h3-12,14H,13H2,1-2H3,(H,23,25)(H,24,26). The van der Waals surface area contributed by atoms with Crippen molar-refractivity contribution in [1.82, 2.24) is 4.98 Å². The first kappa shape index (κ1) is 19.1. The van der Waals surface area contributed by atoms with Crippen LogP contribution in [0.3, 0.4) is 0 Å². The molecule has 3 rings (SSSR count). The molecule has 0 saturated heterocycles. The van der Waals surface area contributed by atoms with Crippen LogP contribution in [0.5, 0.6) is 0 Å². The van der Waals surface area contributed by atoms with Crippen molar-refractivity contribution in [3.05, 3.63) is 83.6 Å². The highest BCUT2D eigenvalue weighted by atomic mass is 16.5. The average molecular weight is 375 g/mol. The molecule has 28 heavy (non-hydrogen) atoms. The summed E-state index contributed by atoms with van der Waals surface area (Å²) < 4.78 is 4.79. The van der Waals surface area contributed by atoms with Crippen molar-refractivity contribution in [2.75, 3.05) is 17.7 Å². The molecular formula is C22H21N3O3. The Hall–Kier alpha value is -3.67. The molecule has 1 heterocycles. The number of esters is 1. The van der Waals surface area contributed by atoms with Gasteiger partial charge in [0.25, 0.3) is 0 Å². The summed E-state index contributed by atoms with van der Waals surface area (Å²) in [4.78, 5) is 28.4. The van der Waals surface area contributed by atoms with Crippen molar-refractivity contribution in [3.8, 4) is 0 Å². The van der Waals surface area contributed by atoms with Gasteiger partial charge in [0.05, 0.1) is 36.7 Å². The molecule has 0 radical (unpaired) electrons. The SMILES string of the molecule is COC(=O)c1ccccc1Nc1ccc(NC(=O)Cc2ccccc2C)cn1. The van der Waals surface area contributed by atoms with Gasteiger partial charge in [-0.1, -0.05) is 36.4 Å². The lowest BCUT2D eigenvalue weighted by atomic mass is 10.1. The molecule has 2 N–H and O–H groups in total. The number of carbonyl (C=O) groups excluding carboxylic acids is 2. The van der Waals surface area contributed by atoms with Crippen molar-refractivity contribution in [1.29, 1.82) is 0 Å². The predicted octanol–water partition coefficient (Wildman–Crippen LogP) is 4.10. The highest BCUT2D eigenvalue weighted by Crippen LogP contribution is 2.21. The van der Waals surface area contributed by atoms with Crippen LogP contribution in [-0.4, -0.2) is 24.0 Å². The summed E-state index contributed by atoms with van der Waals surface area (Å²) in [5, 5.41) is 5.94. The molecular weight excluding hydrogens is 354 g/mol. The maximum atomic E-state index is 12.3. The molecule has 0 spiro atoms. The predicted molar refractivity (Wildman–Crippen MR) is 109 cm³/mol. The minimum atomic E-state index is -0.428. The Morgan fingerprint density at radius 1 is 1.00 bits per heavy atom. The summed E-state index contributed by atoms with van der Waals surface area (Å²) in [7, 11) is 1.34. The summed E-state index contributed by atoms with van der Waals surface area (Å²) in [5.74, 6) is 0.0179. The van der Waals surface area contributed by atoms with Gasteiger partial charge in [-0.05, 0) is 42.3 Å². The van der Waals surface area contributed by atoms with Crippen LogP contribution in [0.4, 0.5) is 17.2 Å². The molecule has 0 aliphatic rings. The van der Waals surface area contributed by atoms with Gasteiger partial charge in [0.1, 0.15) is 5.82 Å². The summed E-state index contributed by atoms with van der Waals surface area (Å²) >= 11 is 0. The number of hydrogen-bond acceptors (Lipinski definition) is 5. The molecule has 6 heteroatoms. The van der Waals surface area contributed by atoms with Crippen molar-refractivity contribution < 1.29 is 14.3 Å². The second-order valence-corrected chi connectivity index (χ2v) is 6.25. The minimum Gasteiger partial charge on any atom is -0.465 e. The van der Waals surface area contributed by atoms with Crippen LogP contribution in [0.2, 0.25) is 0 Å². The fourth-order valence-electron chi connectivity index (χ4n) is 2.75. The third-order valence-electron chi connectivity index (χ3n) is 4.25. The fraction of sp³-hybridized carbons (Fsp3) is 0.136. The van der Waals surface area contributed by atoms with E-state index in [-0.39, 0.29) is 5.91 Å². The summed E-state index contributed by atoms with van der Waals surface area (Å²) in [5.41, 5.74) is 3.69. The Balaban J connectivity index is 1.65. The monoisotopic (exact) mass is 375 g/mol. The molecule has 0 bridgehead atoms. The number of para-hydroxylation sites is 1. The first-order valence-corrected chi connectivity index (χ1v) is 8.81. The highest BCUT2D eigenvalue weighted by molar-refractivity contribution is 5.96. The molecule has 1 aromatic heterocycles. The molecule has 0 atom stereocenters. The van der Waals surface area contributed by atoms with E-state index in [4.69, 9.17) is 4.74 Å². The number of ether oxygens (including phenoxy) is 1. The third kappa shape index (κ3) is 4.73. The maximum Gasteiger partial charge on any atom is 0.339 e. The summed E-state index contributed by atoms with van der Waals surface area (Å²) in [6.45, 7) is 1.98. The van der Waals surface area contributed by atoms with Crippen molar-refractivity contribution in [2.45, 2.75) is 13.3 Å². The van der Waals surface area contributed by atoms with E-state index in [1.54, 1.807) is 36.5 Å². The van der Waals surface area contributed by atoms with Crippen LogP contribution in [0, 0.1) is 6.92 Å². The van der Waals surface area contributed by atoms with E-state index in [9.17, 15) is 9.59 Å². The normalized spacial score (nSPS) is 10.2. The van der Waals surface area contributed by atoms with Gasteiger partial charge in [-0.2, -0.15) is 0 Å².